The van der Waals surface area contributed by atoms with Gasteiger partial charge >= 0.3 is 0 Å². The van der Waals surface area contributed by atoms with Gasteiger partial charge in [-0.1, -0.05) is 27.7 Å². The van der Waals surface area contributed by atoms with Crippen molar-refractivity contribution in [1.29, 1.82) is 0 Å². The first-order chi connectivity index (χ1) is 8.91. The molecule has 0 radical (unpaired) electrons. The van der Waals surface area contributed by atoms with Gasteiger partial charge in [0, 0.05) is 11.7 Å². The van der Waals surface area contributed by atoms with E-state index in [2.05, 4.69) is 4.72 Å². The summed E-state index contributed by atoms with van der Waals surface area (Å²) in [6, 6.07) is 1.33. The van der Waals surface area contributed by atoms with Gasteiger partial charge in [0.15, 0.2) is 11.6 Å². The molecule has 0 heterocycles. The molecule has 0 aromatic heterocycles. The van der Waals surface area contributed by atoms with Crippen LogP contribution in [0.3, 0.4) is 0 Å². The van der Waals surface area contributed by atoms with Crippen LogP contribution >= 0.6 is 0 Å². The molecule has 0 atom stereocenters. The minimum atomic E-state index is -4.16. The highest BCUT2D eigenvalue weighted by molar-refractivity contribution is 7.89. The molecule has 0 saturated heterocycles. The lowest BCUT2D eigenvalue weighted by molar-refractivity contribution is 0.457. The number of benzene rings is 1. The van der Waals surface area contributed by atoms with E-state index in [1.54, 1.807) is 0 Å². The second-order valence-corrected chi connectivity index (χ2v) is 7.99. The quantitative estimate of drug-likeness (QED) is 0.841. The van der Waals surface area contributed by atoms with Crippen LogP contribution in [0.2, 0.25) is 0 Å². The first kappa shape index (κ1) is 15.2. The fraction of sp³-hybridized carbons (Fsp3) is 0.538. The van der Waals surface area contributed by atoms with Crippen LogP contribution in [0, 0.1) is 22.5 Å². The summed E-state index contributed by atoms with van der Waals surface area (Å²) in [5.74, 6) is -2.69. The Kier molecular flexibility index (Phi) is 3.15. The van der Waals surface area contributed by atoms with Gasteiger partial charge in [-0.05, 0) is 23.0 Å². The summed E-state index contributed by atoms with van der Waals surface area (Å²) in [4.78, 5) is -0.756. The summed E-state index contributed by atoms with van der Waals surface area (Å²) < 4.78 is 53.8. The van der Waals surface area contributed by atoms with Crippen LogP contribution in [0.5, 0.6) is 0 Å². The zero-order chi connectivity index (χ0) is 15.5. The number of sulfonamides is 1. The van der Waals surface area contributed by atoms with E-state index in [1.165, 1.54) is 0 Å². The molecule has 0 aliphatic heterocycles. The minimum Gasteiger partial charge on any atom is -0.399 e. The number of rotatable bonds is 3. The third kappa shape index (κ3) is 2.09. The van der Waals surface area contributed by atoms with E-state index in [9.17, 15) is 17.2 Å². The Morgan fingerprint density at radius 2 is 1.65 bits per heavy atom. The fourth-order valence-corrected chi connectivity index (χ4v) is 4.14. The molecule has 1 aliphatic carbocycles. The first-order valence-electron chi connectivity index (χ1n) is 6.18. The maximum Gasteiger partial charge on any atom is 0.243 e. The number of nitrogens with one attached hydrogen (secondary N) is 1. The smallest absolute Gasteiger partial charge is 0.243 e. The van der Waals surface area contributed by atoms with E-state index in [0.29, 0.717) is 0 Å². The zero-order valence-electron chi connectivity index (χ0n) is 11.8. The summed E-state index contributed by atoms with van der Waals surface area (Å²) in [6.45, 7) is 7.65. The third-order valence-electron chi connectivity index (χ3n) is 4.60. The third-order valence-corrected chi connectivity index (χ3v) is 6.02. The molecule has 112 valence electrons. The molecular formula is C13H18F2N2O2S. The van der Waals surface area contributed by atoms with Crippen LogP contribution in [0.15, 0.2) is 17.0 Å². The normalized spacial score (nSPS) is 20.9. The summed E-state index contributed by atoms with van der Waals surface area (Å²) in [7, 11) is -4.16. The van der Waals surface area contributed by atoms with Crippen molar-refractivity contribution >= 4 is 15.7 Å². The Morgan fingerprint density at radius 3 is 2.10 bits per heavy atom. The Bertz CT molecular complexity index is 655. The van der Waals surface area contributed by atoms with E-state index in [0.717, 1.165) is 12.1 Å². The van der Waals surface area contributed by atoms with Gasteiger partial charge < -0.3 is 5.73 Å². The van der Waals surface area contributed by atoms with E-state index in [1.807, 2.05) is 27.7 Å². The molecule has 1 saturated carbocycles. The van der Waals surface area contributed by atoms with E-state index in [-0.39, 0.29) is 22.6 Å². The monoisotopic (exact) mass is 304 g/mol. The number of nitrogens with two attached hydrogens (primary N) is 1. The van der Waals surface area contributed by atoms with Crippen molar-refractivity contribution in [2.45, 2.75) is 38.6 Å². The van der Waals surface area contributed by atoms with Crippen molar-refractivity contribution in [2.75, 3.05) is 5.73 Å². The van der Waals surface area contributed by atoms with Crippen molar-refractivity contribution in [1.82, 2.24) is 4.72 Å². The van der Waals surface area contributed by atoms with Crippen LogP contribution in [0.25, 0.3) is 0 Å². The van der Waals surface area contributed by atoms with Crippen molar-refractivity contribution in [3.05, 3.63) is 23.8 Å². The maximum atomic E-state index is 13.7. The molecule has 3 N–H and O–H groups in total. The highest BCUT2D eigenvalue weighted by Crippen LogP contribution is 2.62. The van der Waals surface area contributed by atoms with E-state index >= 15 is 0 Å². The lowest BCUT2D eigenvalue weighted by Crippen LogP contribution is -2.30. The van der Waals surface area contributed by atoms with Gasteiger partial charge in [0.05, 0.1) is 0 Å². The van der Waals surface area contributed by atoms with Crippen LogP contribution < -0.4 is 10.5 Å². The zero-order valence-corrected chi connectivity index (χ0v) is 12.6. The van der Waals surface area contributed by atoms with E-state index in [4.69, 9.17) is 5.73 Å². The second-order valence-electron chi connectivity index (χ2n) is 6.31. The van der Waals surface area contributed by atoms with E-state index < -0.39 is 26.6 Å². The fourth-order valence-electron chi connectivity index (χ4n) is 2.49. The topological polar surface area (TPSA) is 72.2 Å². The van der Waals surface area contributed by atoms with Crippen molar-refractivity contribution in [2.24, 2.45) is 10.8 Å². The molecule has 2 rings (SSSR count). The average Bonchev–Trinajstić information content (AvgIpc) is 2.65. The van der Waals surface area contributed by atoms with Gasteiger partial charge in [0.25, 0.3) is 0 Å². The van der Waals surface area contributed by atoms with Gasteiger partial charge in [0.2, 0.25) is 10.0 Å². The molecule has 0 unspecified atom stereocenters. The Hall–Kier alpha value is -1.21. The summed E-state index contributed by atoms with van der Waals surface area (Å²) in [5, 5.41) is 0. The highest BCUT2D eigenvalue weighted by atomic mass is 32.2. The molecule has 20 heavy (non-hydrogen) atoms. The average molecular weight is 304 g/mol. The molecule has 1 aromatic carbocycles. The van der Waals surface area contributed by atoms with Gasteiger partial charge in [-0.15, -0.1) is 0 Å². The number of halogens is 2. The molecule has 1 fully saturated rings. The number of hydrogen-bond donors (Lipinski definition) is 2. The Balaban J connectivity index is 2.39. The minimum absolute atomic E-state index is 0.140. The molecule has 7 heteroatoms. The summed E-state index contributed by atoms with van der Waals surface area (Å²) >= 11 is 0. The lowest BCUT2D eigenvalue weighted by atomic mass is 10.0. The van der Waals surface area contributed by atoms with Crippen LogP contribution in [-0.2, 0) is 10.0 Å². The predicted molar refractivity (Wildman–Crippen MR) is 72.4 cm³/mol. The largest absolute Gasteiger partial charge is 0.399 e. The molecule has 4 nitrogen and oxygen atoms in total. The molecule has 0 bridgehead atoms. The van der Waals surface area contributed by atoms with Crippen molar-refractivity contribution < 1.29 is 17.2 Å². The van der Waals surface area contributed by atoms with Crippen LogP contribution in [0.1, 0.15) is 27.7 Å². The SMILES string of the molecule is CC1(C)C(NS(=O)(=O)c2cc(N)cc(F)c2F)C1(C)C. The van der Waals surface area contributed by atoms with Gasteiger partial charge in [-0.2, -0.15) is 0 Å². The van der Waals surface area contributed by atoms with Gasteiger partial charge in [-0.3, -0.25) is 0 Å². The molecule has 1 aliphatic rings. The number of nitrogen functional groups attached to an aromatic ring is 1. The molecule has 0 amide bonds. The van der Waals surface area contributed by atoms with Crippen LogP contribution in [-0.4, -0.2) is 14.5 Å². The molecular weight excluding hydrogens is 286 g/mol. The Morgan fingerprint density at radius 1 is 1.15 bits per heavy atom. The molecule has 1 aromatic rings. The van der Waals surface area contributed by atoms with Crippen LogP contribution in [0.4, 0.5) is 14.5 Å². The first-order valence-corrected chi connectivity index (χ1v) is 7.66. The summed E-state index contributed by atoms with van der Waals surface area (Å²) in [5.41, 5.74) is 4.73. The lowest BCUT2D eigenvalue weighted by Gasteiger charge is -2.10. The van der Waals surface area contributed by atoms with Crippen molar-refractivity contribution in [3.63, 3.8) is 0 Å². The number of anilines is 1. The molecule has 0 spiro atoms. The number of hydrogen-bond acceptors (Lipinski definition) is 3. The Labute approximate surface area is 117 Å². The highest BCUT2D eigenvalue weighted by Gasteiger charge is 2.66. The standard InChI is InChI=1S/C13H18F2N2O2S/c1-12(2)11(13(12,3)4)17-20(18,19)9-6-7(16)5-8(14)10(9)15/h5-6,11,17H,16H2,1-4H3. The maximum absolute atomic E-state index is 13.7. The van der Waals surface area contributed by atoms with Crippen molar-refractivity contribution in [3.8, 4) is 0 Å². The van der Waals surface area contributed by atoms with Gasteiger partial charge in [-0.25, -0.2) is 21.9 Å². The van der Waals surface area contributed by atoms with Gasteiger partial charge in [0.1, 0.15) is 4.90 Å². The second kappa shape index (κ2) is 4.14. The predicted octanol–water partition coefficient (Wildman–Crippen LogP) is 2.26. The summed E-state index contributed by atoms with van der Waals surface area (Å²) in [6.07, 6.45) is 0.